The van der Waals surface area contributed by atoms with Gasteiger partial charge in [-0.15, -0.1) is 0 Å². The molecule has 2 rings (SSSR count). The number of aromatic nitrogens is 1. The Morgan fingerprint density at radius 1 is 1.53 bits per heavy atom. The Kier molecular flexibility index (Phi) is 4.11. The van der Waals surface area contributed by atoms with Crippen molar-refractivity contribution >= 4 is 5.82 Å². The summed E-state index contributed by atoms with van der Waals surface area (Å²) < 4.78 is 5.95. The van der Waals surface area contributed by atoms with E-state index in [0.29, 0.717) is 0 Å². The van der Waals surface area contributed by atoms with Crippen molar-refractivity contribution in [3.05, 3.63) is 23.4 Å². The van der Waals surface area contributed by atoms with Crippen molar-refractivity contribution < 1.29 is 4.74 Å². The first-order valence-corrected chi connectivity index (χ1v) is 6.94. The minimum Gasteiger partial charge on any atom is -0.369 e. The fourth-order valence-corrected chi connectivity index (χ4v) is 2.87. The van der Waals surface area contributed by atoms with Crippen molar-refractivity contribution in [2.24, 2.45) is 0 Å². The number of hydrogen-bond acceptors (Lipinski definition) is 4. The van der Waals surface area contributed by atoms with Gasteiger partial charge in [0.25, 0.3) is 0 Å². The minimum absolute atomic E-state index is 0.116. The fourth-order valence-electron chi connectivity index (χ4n) is 2.87. The minimum atomic E-state index is -0.116. The molecule has 0 amide bonds. The highest BCUT2D eigenvalue weighted by Gasteiger charge is 2.32. The molecule has 1 aliphatic heterocycles. The van der Waals surface area contributed by atoms with E-state index in [4.69, 9.17) is 4.74 Å². The fraction of sp³-hybridized carbons (Fsp3) is 0.667. The van der Waals surface area contributed by atoms with Crippen LogP contribution >= 0.6 is 0 Å². The van der Waals surface area contributed by atoms with Crippen molar-refractivity contribution in [1.29, 1.82) is 0 Å². The lowest BCUT2D eigenvalue weighted by molar-refractivity contribution is -0.0751. The molecule has 1 fully saturated rings. The highest BCUT2D eigenvalue weighted by molar-refractivity contribution is 5.48. The van der Waals surface area contributed by atoms with Crippen LogP contribution in [0.4, 0.5) is 5.82 Å². The predicted octanol–water partition coefficient (Wildman–Crippen LogP) is 2.11. The van der Waals surface area contributed by atoms with Gasteiger partial charge >= 0.3 is 0 Å². The lowest BCUT2D eigenvalue weighted by atomic mass is 10.0. The maximum Gasteiger partial charge on any atom is 0.131 e. The Labute approximate surface area is 116 Å². The number of ether oxygens (including phenoxy) is 1. The summed E-state index contributed by atoms with van der Waals surface area (Å²) in [6.45, 7) is 11.2. The van der Waals surface area contributed by atoms with E-state index in [2.05, 4.69) is 49.0 Å². The third-order valence-corrected chi connectivity index (χ3v) is 3.36. The molecule has 0 aromatic carbocycles. The summed E-state index contributed by atoms with van der Waals surface area (Å²) >= 11 is 0. The number of anilines is 1. The molecule has 4 nitrogen and oxygen atoms in total. The average molecular weight is 263 g/mol. The standard InChI is InChI=1S/C15H25N3O/c1-11-6-13(7-16-5)8-17-14(11)18-9-12(2)19-15(3,4)10-18/h6,8,12,16H,7,9-10H2,1-5H3. The summed E-state index contributed by atoms with van der Waals surface area (Å²) in [5, 5.41) is 3.16. The van der Waals surface area contributed by atoms with E-state index in [0.717, 1.165) is 25.5 Å². The van der Waals surface area contributed by atoms with E-state index < -0.39 is 0 Å². The van der Waals surface area contributed by atoms with Crippen LogP contribution in [0.5, 0.6) is 0 Å². The first-order valence-electron chi connectivity index (χ1n) is 6.94. The van der Waals surface area contributed by atoms with Gasteiger partial charge in [0, 0.05) is 25.8 Å². The zero-order chi connectivity index (χ0) is 14.0. The van der Waals surface area contributed by atoms with Crippen molar-refractivity contribution in [3.8, 4) is 0 Å². The Morgan fingerprint density at radius 2 is 2.26 bits per heavy atom. The maximum atomic E-state index is 5.95. The number of morpholine rings is 1. The molecule has 4 heteroatoms. The Bertz CT molecular complexity index is 445. The lowest BCUT2D eigenvalue weighted by Gasteiger charge is -2.42. The molecule has 106 valence electrons. The van der Waals surface area contributed by atoms with Crippen LogP contribution in [0.25, 0.3) is 0 Å². The molecule has 1 saturated heterocycles. The summed E-state index contributed by atoms with van der Waals surface area (Å²) in [5.41, 5.74) is 2.34. The summed E-state index contributed by atoms with van der Waals surface area (Å²) in [6, 6.07) is 2.21. The Hall–Kier alpha value is -1.13. The molecule has 0 spiro atoms. The number of hydrogen-bond donors (Lipinski definition) is 1. The topological polar surface area (TPSA) is 37.4 Å². The number of nitrogens with zero attached hydrogens (tertiary/aromatic N) is 2. The second-order valence-corrected chi connectivity index (χ2v) is 6.08. The van der Waals surface area contributed by atoms with Crippen molar-refractivity contribution in [2.45, 2.75) is 45.9 Å². The SMILES string of the molecule is CNCc1cnc(N2CC(C)OC(C)(C)C2)c(C)c1. The van der Waals surface area contributed by atoms with E-state index in [1.807, 2.05) is 13.2 Å². The lowest BCUT2D eigenvalue weighted by Crippen LogP contribution is -2.52. The van der Waals surface area contributed by atoms with E-state index >= 15 is 0 Å². The summed E-state index contributed by atoms with van der Waals surface area (Å²) in [5.74, 6) is 1.09. The molecular formula is C15H25N3O. The van der Waals surface area contributed by atoms with Crippen LogP contribution in [0.3, 0.4) is 0 Å². The van der Waals surface area contributed by atoms with Crippen LogP contribution in [-0.2, 0) is 11.3 Å². The molecule has 1 unspecified atom stereocenters. The summed E-state index contributed by atoms with van der Waals surface area (Å²) in [4.78, 5) is 6.99. The molecule has 1 aromatic rings. The van der Waals surface area contributed by atoms with Gasteiger partial charge in [0.1, 0.15) is 5.82 Å². The Balaban J connectivity index is 2.21. The molecule has 2 heterocycles. The van der Waals surface area contributed by atoms with Gasteiger partial charge in [0.05, 0.1) is 11.7 Å². The molecule has 1 atom stereocenters. The van der Waals surface area contributed by atoms with E-state index in [9.17, 15) is 0 Å². The monoisotopic (exact) mass is 263 g/mol. The first kappa shape index (κ1) is 14.3. The van der Waals surface area contributed by atoms with Crippen LogP contribution in [0.1, 0.15) is 31.9 Å². The van der Waals surface area contributed by atoms with Gasteiger partial charge in [-0.3, -0.25) is 0 Å². The van der Waals surface area contributed by atoms with E-state index in [1.54, 1.807) is 0 Å². The zero-order valence-corrected chi connectivity index (χ0v) is 12.7. The molecule has 0 bridgehead atoms. The van der Waals surface area contributed by atoms with Gasteiger partial charge < -0.3 is 15.0 Å². The Morgan fingerprint density at radius 3 is 2.84 bits per heavy atom. The molecule has 0 aliphatic carbocycles. The molecular weight excluding hydrogens is 238 g/mol. The molecule has 0 saturated carbocycles. The number of nitrogens with one attached hydrogen (secondary N) is 1. The van der Waals surface area contributed by atoms with Gasteiger partial charge in [-0.25, -0.2) is 4.98 Å². The van der Waals surface area contributed by atoms with Crippen LogP contribution < -0.4 is 10.2 Å². The second kappa shape index (κ2) is 5.47. The highest BCUT2D eigenvalue weighted by atomic mass is 16.5. The molecule has 1 aromatic heterocycles. The highest BCUT2D eigenvalue weighted by Crippen LogP contribution is 2.27. The zero-order valence-electron chi connectivity index (χ0n) is 12.7. The van der Waals surface area contributed by atoms with Crippen LogP contribution in [0.15, 0.2) is 12.3 Å². The van der Waals surface area contributed by atoms with E-state index in [1.165, 1.54) is 11.1 Å². The largest absolute Gasteiger partial charge is 0.369 e. The molecule has 19 heavy (non-hydrogen) atoms. The normalized spacial score (nSPS) is 22.6. The first-order chi connectivity index (χ1) is 8.91. The summed E-state index contributed by atoms with van der Waals surface area (Å²) in [7, 11) is 1.95. The molecule has 0 radical (unpaired) electrons. The van der Waals surface area contributed by atoms with Crippen molar-refractivity contribution in [3.63, 3.8) is 0 Å². The van der Waals surface area contributed by atoms with Gasteiger partial charge in [0.15, 0.2) is 0 Å². The third-order valence-electron chi connectivity index (χ3n) is 3.36. The summed E-state index contributed by atoms with van der Waals surface area (Å²) in [6.07, 6.45) is 2.20. The second-order valence-electron chi connectivity index (χ2n) is 6.08. The smallest absolute Gasteiger partial charge is 0.131 e. The molecule has 1 aliphatic rings. The third kappa shape index (κ3) is 3.45. The van der Waals surface area contributed by atoms with Gasteiger partial charge in [-0.05, 0) is 51.9 Å². The quantitative estimate of drug-likeness (QED) is 0.906. The van der Waals surface area contributed by atoms with Crippen LogP contribution in [-0.4, -0.2) is 36.8 Å². The van der Waals surface area contributed by atoms with Gasteiger partial charge in [-0.1, -0.05) is 0 Å². The predicted molar refractivity (Wildman–Crippen MR) is 78.6 cm³/mol. The number of rotatable bonds is 3. The van der Waals surface area contributed by atoms with Crippen LogP contribution in [0.2, 0.25) is 0 Å². The van der Waals surface area contributed by atoms with Gasteiger partial charge in [0.2, 0.25) is 0 Å². The van der Waals surface area contributed by atoms with Crippen molar-refractivity contribution in [2.75, 3.05) is 25.0 Å². The number of pyridine rings is 1. The van der Waals surface area contributed by atoms with Gasteiger partial charge in [-0.2, -0.15) is 0 Å². The van der Waals surface area contributed by atoms with Crippen molar-refractivity contribution in [1.82, 2.24) is 10.3 Å². The number of aryl methyl sites for hydroxylation is 1. The van der Waals surface area contributed by atoms with E-state index in [-0.39, 0.29) is 11.7 Å². The maximum absolute atomic E-state index is 5.95. The molecule has 1 N–H and O–H groups in total. The van der Waals surface area contributed by atoms with Crippen LogP contribution in [0, 0.1) is 6.92 Å². The average Bonchev–Trinajstić information content (AvgIpc) is 2.26.